The maximum Gasteiger partial charge on any atom is 0.258 e. The van der Waals surface area contributed by atoms with E-state index < -0.39 is 11.7 Å². The molecule has 1 aliphatic heterocycles. The fourth-order valence-electron chi connectivity index (χ4n) is 3.39. The molecule has 4 nitrogen and oxygen atoms in total. The quantitative estimate of drug-likeness (QED) is 0.836. The Balaban J connectivity index is 1.61. The summed E-state index contributed by atoms with van der Waals surface area (Å²) in [6.45, 7) is 2.84. The van der Waals surface area contributed by atoms with Crippen LogP contribution in [0.4, 0.5) is 10.1 Å². The molecule has 3 rings (SSSR count). The molecule has 1 aliphatic rings. The fraction of sp³-hybridized carbons (Fsp3) is 0.333. The first-order chi connectivity index (χ1) is 13.0. The van der Waals surface area contributed by atoms with Crippen LogP contribution in [0.3, 0.4) is 0 Å². The number of carbonyl (C=O) groups is 2. The molecule has 6 heteroatoms. The van der Waals surface area contributed by atoms with Crippen LogP contribution in [0.25, 0.3) is 0 Å². The third kappa shape index (κ3) is 4.30. The van der Waals surface area contributed by atoms with Gasteiger partial charge in [0, 0.05) is 24.7 Å². The number of carbonyl (C=O) groups excluding carboxylic acids is 2. The molecule has 27 heavy (non-hydrogen) atoms. The zero-order valence-electron chi connectivity index (χ0n) is 15.2. The summed E-state index contributed by atoms with van der Waals surface area (Å²) in [6, 6.07) is 11.9. The van der Waals surface area contributed by atoms with E-state index in [0.29, 0.717) is 25.9 Å². The lowest BCUT2D eigenvalue weighted by molar-refractivity contribution is -0.121. The van der Waals surface area contributed by atoms with Gasteiger partial charge in [-0.15, -0.1) is 0 Å². The lowest BCUT2D eigenvalue weighted by atomic mass is 9.95. The molecule has 1 heterocycles. The average Bonchev–Trinajstić information content (AvgIpc) is 2.68. The van der Waals surface area contributed by atoms with Gasteiger partial charge in [0.1, 0.15) is 5.82 Å². The number of para-hydroxylation sites is 1. The molecule has 0 saturated carbocycles. The predicted molar refractivity (Wildman–Crippen MR) is 104 cm³/mol. The van der Waals surface area contributed by atoms with Gasteiger partial charge in [0.05, 0.1) is 10.6 Å². The minimum absolute atomic E-state index is 0.0353. The number of anilines is 1. The van der Waals surface area contributed by atoms with E-state index in [4.69, 9.17) is 11.6 Å². The number of aryl methyl sites for hydroxylation is 1. The summed E-state index contributed by atoms with van der Waals surface area (Å²) >= 11 is 5.99. The Morgan fingerprint density at radius 3 is 2.52 bits per heavy atom. The molecule has 2 aromatic rings. The van der Waals surface area contributed by atoms with Gasteiger partial charge in [-0.05, 0) is 43.0 Å². The van der Waals surface area contributed by atoms with E-state index in [2.05, 4.69) is 5.32 Å². The van der Waals surface area contributed by atoms with Crippen LogP contribution in [0, 0.1) is 11.7 Å². The van der Waals surface area contributed by atoms with Crippen molar-refractivity contribution < 1.29 is 14.0 Å². The number of hydrogen-bond donors (Lipinski definition) is 1. The zero-order chi connectivity index (χ0) is 19.4. The summed E-state index contributed by atoms with van der Waals surface area (Å²) < 4.78 is 14.0. The highest BCUT2D eigenvalue weighted by Crippen LogP contribution is 2.25. The van der Waals surface area contributed by atoms with Gasteiger partial charge in [-0.1, -0.05) is 42.8 Å². The largest absolute Gasteiger partial charge is 0.338 e. The van der Waals surface area contributed by atoms with Crippen LogP contribution in [-0.2, 0) is 11.2 Å². The number of hydrogen-bond acceptors (Lipinski definition) is 2. The monoisotopic (exact) mass is 388 g/mol. The van der Waals surface area contributed by atoms with Crippen molar-refractivity contribution in [1.82, 2.24) is 4.90 Å². The number of nitrogens with zero attached hydrogens (tertiary/aromatic N) is 1. The van der Waals surface area contributed by atoms with Crippen molar-refractivity contribution in [2.75, 3.05) is 18.4 Å². The van der Waals surface area contributed by atoms with Gasteiger partial charge in [0.25, 0.3) is 5.91 Å². The second kappa shape index (κ2) is 8.53. The smallest absolute Gasteiger partial charge is 0.258 e. The molecule has 0 unspecified atom stereocenters. The molecule has 1 saturated heterocycles. The van der Waals surface area contributed by atoms with Gasteiger partial charge >= 0.3 is 0 Å². The van der Waals surface area contributed by atoms with Gasteiger partial charge in [-0.2, -0.15) is 0 Å². The highest BCUT2D eigenvalue weighted by molar-refractivity contribution is 6.33. The van der Waals surface area contributed by atoms with E-state index in [1.54, 1.807) is 4.90 Å². The first kappa shape index (κ1) is 19.4. The first-order valence-corrected chi connectivity index (χ1v) is 9.51. The highest BCUT2D eigenvalue weighted by Gasteiger charge is 2.30. The molecule has 1 N–H and O–H groups in total. The molecule has 2 aromatic carbocycles. The van der Waals surface area contributed by atoms with Crippen molar-refractivity contribution in [3.8, 4) is 0 Å². The summed E-state index contributed by atoms with van der Waals surface area (Å²) in [4.78, 5) is 26.8. The minimum Gasteiger partial charge on any atom is -0.338 e. The normalized spacial score (nSPS) is 14.9. The number of rotatable bonds is 4. The van der Waals surface area contributed by atoms with E-state index in [1.807, 2.05) is 31.2 Å². The maximum atomic E-state index is 14.0. The molecule has 2 amide bonds. The fourth-order valence-corrected chi connectivity index (χ4v) is 3.63. The molecule has 0 atom stereocenters. The topological polar surface area (TPSA) is 49.4 Å². The van der Waals surface area contributed by atoms with Gasteiger partial charge in [0.15, 0.2) is 0 Å². The van der Waals surface area contributed by atoms with Crippen LogP contribution in [0.2, 0.25) is 5.02 Å². The van der Waals surface area contributed by atoms with Crippen LogP contribution >= 0.6 is 11.6 Å². The SMILES string of the molecule is CCc1ccccc1NC(=O)C1CCN(C(=O)c2c(F)cccc2Cl)CC1. The predicted octanol–water partition coefficient (Wildman–Crippen LogP) is 4.53. The molecule has 0 bridgehead atoms. The average molecular weight is 389 g/mol. The maximum absolute atomic E-state index is 14.0. The van der Waals surface area contributed by atoms with Crippen molar-refractivity contribution in [2.45, 2.75) is 26.2 Å². The molecule has 0 aromatic heterocycles. The molecule has 0 radical (unpaired) electrons. The van der Waals surface area contributed by atoms with E-state index in [-0.39, 0.29) is 22.4 Å². The Bertz CT molecular complexity index is 828. The summed E-state index contributed by atoms with van der Waals surface area (Å²) in [5.41, 5.74) is 1.83. The molecule has 0 aliphatic carbocycles. The van der Waals surface area contributed by atoms with E-state index in [1.165, 1.54) is 18.2 Å². The third-order valence-electron chi connectivity index (χ3n) is 4.99. The van der Waals surface area contributed by atoms with Crippen LogP contribution in [0.1, 0.15) is 35.7 Å². The summed E-state index contributed by atoms with van der Waals surface area (Å²) in [5, 5.41) is 3.11. The second-order valence-electron chi connectivity index (χ2n) is 6.66. The molecule has 1 fully saturated rings. The van der Waals surface area contributed by atoms with Crippen LogP contribution in [0.5, 0.6) is 0 Å². The Morgan fingerprint density at radius 1 is 1.15 bits per heavy atom. The number of piperidine rings is 1. The number of nitrogens with one attached hydrogen (secondary N) is 1. The van der Waals surface area contributed by atoms with Gasteiger partial charge in [-0.3, -0.25) is 9.59 Å². The highest BCUT2D eigenvalue weighted by atomic mass is 35.5. The van der Waals surface area contributed by atoms with Crippen molar-refractivity contribution >= 4 is 29.1 Å². The summed E-state index contributed by atoms with van der Waals surface area (Å²) in [5.74, 6) is -1.25. The van der Waals surface area contributed by atoms with E-state index >= 15 is 0 Å². The minimum atomic E-state index is -0.622. The molecular formula is C21H22ClFN2O2. The number of amides is 2. The zero-order valence-corrected chi connectivity index (χ0v) is 15.9. The Labute approximate surface area is 163 Å². The van der Waals surface area contributed by atoms with Crippen LogP contribution in [0.15, 0.2) is 42.5 Å². The number of halogens is 2. The van der Waals surface area contributed by atoms with Gasteiger partial charge < -0.3 is 10.2 Å². The molecule has 142 valence electrons. The van der Waals surface area contributed by atoms with Gasteiger partial charge in [-0.25, -0.2) is 4.39 Å². The van der Waals surface area contributed by atoms with Crippen LogP contribution in [-0.4, -0.2) is 29.8 Å². The lowest BCUT2D eigenvalue weighted by Crippen LogP contribution is -2.41. The Hall–Kier alpha value is -2.40. The second-order valence-corrected chi connectivity index (χ2v) is 7.07. The molecular weight excluding hydrogens is 367 g/mol. The van der Waals surface area contributed by atoms with Crippen molar-refractivity contribution in [2.24, 2.45) is 5.92 Å². The van der Waals surface area contributed by atoms with Gasteiger partial charge in [0.2, 0.25) is 5.91 Å². The summed E-state index contributed by atoms with van der Waals surface area (Å²) in [7, 11) is 0. The Morgan fingerprint density at radius 2 is 1.85 bits per heavy atom. The molecule has 0 spiro atoms. The Kier molecular flexibility index (Phi) is 6.11. The summed E-state index contributed by atoms with van der Waals surface area (Å²) in [6.07, 6.45) is 1.92. The van der Waals surface area contributed by atoms with Crippen LogP contribution < -0.4 is 5.32 Å². The van der Waals surface area contributed by atoms with E-state index in [9.17, 15) is 14.0 Å². The van der Waals surface area contributed by atoms with Crippen molar-refractivity contribution in [1.29, 1.82) is 0 Å². The van der Waals surface area contributed by atoms with E-state index in [0.717, 1.165) is 17.7 Å². The standard InChI is InChI=1S/C21H22ClFN2O2/c1-2-14-6-3-4-9-18(14)24-20(26)15-10-12-25(13-11-15)21(27)19-16(22)7-5-8-17(19)23/h3-9,15H,2,10-13H2,1H3,(H,24,26). The lowest BCUT2D eigenvalue weighted by Gasteiger charge is -2.31. The van der Waals surface area contributed by atoms with Crippen molar-refractivity contribution in [3.63, 3.8) is 0 Å². The first-order valence-electron chi connectivity index (χ1n) is 9.13. The van der Waals surface area contributed by atoms with Crippen molar-refractivity contribution in [3.05, 3.63) is 64.4 Å². The third-order valence-corrected chi connectivity index (χ3v) is 5.30. The number of benzene rings is 2. The number of likely N-dealkylation sites (tertiary alicyclic amines) is 1.